The largest absolute Gasteiger partial charge is 0.658 e. The first-order chi connectivity index (χ1) is 20.4. The predicted molar refractivity (Wildman–Crippen MR) is 169 cm³/mol. The summed E-state index contributed by atoms with van der Waals surface area (Å²) in [5, 5.41) is 4.35. The van der Waals surface area contributed by atoms with Crippen LogP contribution in [0, 0.1) is 0 Å². The number of hydrogen-bond acceptors (Lipinski definition) is 2. The van der Waals surface area contributed by atoms with E-state index in [1.54, 1.807) is 0 Å². The maximum Gasteiger partial charge on any atom is 0.658 e. The van der Waals surface area contributed by atoms with Crippen molar-refractivity contribution in [1.29, 1.82) is 0 Å². The van der Waals surface area contributed by atoms with Gasteiger partial charge in [-0.15, -0.1) is 0 Å². The van der Waals surface area contributed by atoms with Crippen molar-refractivity contribution >= 4 is 51.3 Å². The van der Waals surface area contributed by atoms with Crippen molar-refractivity contribution in [3.8, 4) is 22.9 Å². The van der Waals surface area contributed by atoms with Crippen LogP contribution in [0.15, 0.2) is 146 Å². The van der Waals surface area contributed by atoms with Gasteiger partial charge in [0.1, 0.15) is 11.5 Å². The van der Waals surface area contributed by atoms with Crippen LogP contribution >= 0.6 is 0 Å². The Morgan fingerprint density at radius 1 is 0.366 bits per heavy atom. The lowest BCUT2D eigenvalue weighted by atomic mass is 10.1. The first-order valence-electron chi connectivity index (χ1n) is 13.7. The number of para-hydroxylation sites is 4. The fourth-order valence-electron chi connectivity index (χ4n) is 6.01. The Morgan fingerprint density at radius 2 is 0.756 bits per heavy atom. The molecule has 0 aliphatic carbocycles. The SMILES string of the molecule is [B](Oc1cccc2c1c1ccccc1n2-c1ccccc1)Oc1cccc2c1c1ccccc1n2-c1ccccc1. The highest BCUT2D eigenvalue weighted by molar-refractivity contribution is 6.24. The molecular weight excluding hydrogens is 503 g/mol. The molecule has 0 spiro atoms. The molecule has 0 atom stereocenters. The number of aromatic nitrogens is 2. The van der Waals surface area contributed by atoms with Gasteiger partial charge in [0.25, 0.3) is 0 Å². The second-order valence-corrected chi connectivity index (χ2v) is 10.0. The van der Waals surface area contributed by atoms with E-state index in [-0.39, 0.29) is 0 Å². The summed E-state index contributed by atoms with van der Waals surface area (Å²) in [6, 6.07) is 50.0. The maximum atomic E-state index is 6.27. The van der Waals surface area contributed by atoms with Gasteiger partial charge in [-0.25, -0.2) is 0 Å². The summed E-state index contributed by atoms with van der Waals surface area (Å²) in [7, 11) is 1.45. The minimum Gasteiger partial charge on any atom is -0.526 e. The van der Waals surface area contributed by atoms with Gasteiger partial charge in [0, 0.05) is 32.9 Å². The summed E-state index contributed by atoms with van der Waals surface area (Å²) in [6.07, 6.45) is 0. The molecule has 0 amide bonds. The van der Waals surface area contributed by atoms with E-state index in [4.69, 9.17) is 9.31 Å². The lowest BCUT2D eigenvalue weighted by molar-refractivity contribution is 0.465. The molecular formula is C36H24BN2O2. The molecule has 0 fully saturated rings. The Morgan fingerprint density at radius 3 is 1.22 bits per heavy atom. The van der Waals surface area contributed by atoms with E-state index in [1.807, 2.05) is 36.4 Å². The van der Waals surface area contributed by atoms with Crippen molar-refractivity contribution in [2.24, 2.45) is 0 Å². The normalized spacial score (nSPS) is 11.4. The van der Waals surface area contributed by atoms with E-state index in [0.717, 1.165) is 66.5 Å². The van der Waals surface area contributed by atoms with Crippen LogP contribution in [0.3, 0.4) is 0 Å². The van der Waals surface area contributed by atoms with Crippen LogP contribution in [0.2, 0.25) is 0 Å². The average molecular weight is 527 g/mol. The summed E-state index contributed by atoms with van der Waals surface area (Å²) < 4.78 is 17.1. The number of rotatable bonds is 6. The van der Waals surface area contributed by atoms with E-state index >= 15 is 0 Å². The van der Waals surface area contributed by atoms with Crippen molar-refractivity contribution < 1.29 is 9.31 Å². The molecule has 0 bridgehead atoms. The van der Waals surface area contributed by atoms with Crippen molar-refractivity contribution in [3.63, 3.8) is 0 Å². The fraction of sp³-hybridized carbons (Fsp3) is 0. The molecule has 6 aromatic carbocycles. The Kier molecular flexibility index (Phi) is 5.52. The lowest BCUT2D eigenvalue weighted by Crippen LogP contribution is -2.11. The molecule has 2 aromatic heterocycles. The predicted octanol–water partition coefficient (Wildman–Crippen LogP) is 8.87. The van der Waals surface area contributed by atoms with E-state index in [0.29, 0.717) is 0 Å². The first kappa shape index (κ1) is 23.5. The van der Waals surface area contributed by atoms with E-state index in [9.17, 15) is 0 Å². The first-order valence-corrected chi connectivity index (χ1v) is 13.7. The molecule has 4 nitrogen and oxygen atoms in total. The number of nitrogens with zero attached hydrogens (tertiary/aromatic N) is 2. The molecule has 8 rings (SSSR count). The second-order valence-electron chi connectivity index (χ2n) is 10.0. The van der Waals surface area contributed by atoms with Crippen LogP contribution < -0.4 is 9.31 Å². The molecule has 0 saturated carbocycles. The molecule has 0 aliphatic heterocycles. The van der Waals surface area contributed by atoms with Crippen LogP contribution in [0.1, 0.15) is 0 Å². The van der Waals surface area contributed by atoms with Crippen LogP contribution in [0.5, 0.6) is 11.5 Å². The minimum absolute atomic E-state index is 0.743. The summed E-state index contributed by atoms with van der Waals surface area (Å²) in [4.78, 5) is 0. The van der Waals surface area contributed by atoms with Crippen molar-refractivity contribution in [1.82, 2.24) is 9.13 Å². The Bertz CT molecular complexity index is 2030. The third-order valence-electron chi connectivity index (χ3n) is 7.70. The van der Waals surface area contributed by atoms with Gasteiger partial charge in [0.15, 0.2) is 0 Å². The lowest BCUT2D eigenvalue weighted by Gasteiger charge is -2.11. The highest BCUT2D eigenvalue weighted by atomic mass is 16.6. The molecule has 2 heterocycles. The zero-order chi connectivity index (χ0) is 27.2. The average Bonchev–Trinajstić information content (AvgIpc) is 3.56. The molecule has 1 radical (unpaired) electrons. The molecule has 5 heteroatoms. The van der Waals surface area contributed by atoms with Crippen molar-refractivity contribution in [2.75, 3.05) is 0 Å². The molecule has 193 valence electrons. The molecule has 0 N–H and O–H groups in total. The molecule has 8 aromatic rings. The second kappa shape index (κ2) is 9.65. The highest BCUT2D eigenvalue weighted by Crippen LogP contribution is 2.39. The third kappa shape index (κ3) is 3.78. The van der Waals surface area contributed by atoms with Crippen molar-refractivity contribution in [3.05, 3.63) is 146 Å². The molecule has 0 saturated heterocycles. The smallest absolute Gasteiger partial charge is 0.526 e. The molecule has 0 unspecified atom stereocenters. The molecule has 41 heavy (non-hydrogen) atoms. The van der Waals surface area contributed by atoms with Gasteiger partial charge in [-0.3, -0.25) is 0 Å². The topological polar surface area (TPSA) is 28.3 Å². The van der Waals surface area contributed by atoms with Crippen LogP contribution in [-0.4, -0.2) is 16.8 Å². The number of fused-ring (bicyclic) bond motifs is 6. The van der Waals surface area contributed by atoms with E-state index < -0.39 is 0 Å². The zero-order valence-electron chi connectivity index (χ0n) is 22.1. The van der Waals surface area contributed by atoms with Gasteiger partial charge in [-0.05, 0) is 60.7 Å². The van der Waals surface area contributed by atoms with Gasteiger partial charge in [-0.2, -0.15) is 0 Å². The standard InChI is InChI=1S/C36H24BN2O2/c1-3-13-25(14-4-1)38-29-19-9-7-17-27(29)35-31(38)21-11-23-33(35)40-37-41-34-24-12-22-32-36(34)28-18-8-10-20-30(28)39(32)26-15-5-2-6-16-26/h1-24H. The van der Waals surface area contributed by atoms with Gasteiger partial charge < -0.3 is 18.4 Å². The number of hydrogen-bond donors (Lipinski definition) is 0. The third-order valence-corrected chi connectivity index (χ3v) is 7.70. The van der Waals surface area contributed by atoms with Gasteiger partial charge in [0.05, 0.1) is 22.1 Å². The number of benzene rings is 6. The van der Waals surface area contributed by atoms with Crippen LogP contribution in [0.25, 0.3) is 55.0 Å². The quantitative estimate of drug-likeness (QED) is 0.202. The zero-order valence-corrected chi connectivity index (χ0v) is 22.1. The minimum atomic E-state index is 0.743. The van der Waals surface area contributed by atoms with Gasteiger partial charge >= 0.3 is 7.69 Å². The Hall–Kier alpha value is -5.42. The van der Waals surface area contributed by atoms with Gasteiger partial charge in [-0.1, -0.05) is 84.9 Å². The van der Waals surface area contributed by atoms with Gasteiger partial charge in [0.2, 0.25) is 0 Å². The fourth-order valence-corrected chi connectivity index (χ4v) is 6.01. The summed E-state index contributed by atoms with van der Waals surface area (Å²) in [5.41, 5.74) is 6.64. The highest BCUT2D eigenvalue weighted by Gasteiger charge is 2.18. The maximum absolute atomic E-state index is 6.27. The Balaban J connectivity index is 1.19. The van der Waals surface area contributed by atoms with E-state index in [2.05, 4.69) is 118 Å². The van der Waals surface area contributed by atoms with Crippen molar-refractivity contribution in [2.45, 2.75) is 0 Å². The van der Waals surface area contributed by atoms with Crippen LogP contribution in [0.4, 0.5) is 0 Å². The molecule has 0 aliphatic rings. The van der Waals surface area contributed by atoms with E-state index in [1.165, 1.54) is 7.69 Å². The van der Waals surface area contributed by atoms with Crippen LogP contribution in [-0.2, 0) is 0 Å². The summed E-state index contributed by atoms with van der Waals surface area (Å²) >= 11 is 0. The summed E-state index contributed by atoms with van der Waals surface area (Å²) in [5.74, 6) is 1.49. The Labute approximate surface area is 237 Å². The summed E-state index contributed by atoms with van der Waals surface area (Å²) in [6.45, 7) is 0. The monoisotopic (exact) mass is 527 g/mol.